The molecule has 1 aromatic carbocycles. The zero-order valence-electron chi connectivity index (χ0n) is 11.7. The Labute approximate surface area is 129 Å². The average Bonchev–Trinajstić information content (AvgIpc) is 2.82. The second-order valence-corrected chi connectivity index (χ2v) is 5.72. The summed E-state index contributed by atoms with van der Waals surface area (Å²) in [6, 6.07) is 4.93. The standard InChI is InChI=1S/C15H12ClF3N2O/c1-8-5-6-9(16)7-11(8)21-10-3-2-4-12(22)13(10)14(20-21)15(17,18)19/h5-7H,2-4H2,1H3. The Morgan fingerprint density at radius 1 is 1.27 bits per heavy atom. The first-order chi connectivity index (χ1) is 10.3. The van der Waals surface area contributed by atoms with E-state index >= 15 is 0 Å². The molecule has 0 aliphatic heterocycles. The molecule has 0 radical (unpaired) electrons. The lowest BCUT2D eigenvalue weighted by atomic mass is 9.94. The van der Waals surface area contributed by atoms with Crippen LogP contribution >= 0.6 is 11.6 Å². The van der Waals surface area contributed by atoms with Crippen LogP contribution in [0, 0.1) is 6.92 Å². The van der Waals surface area contributed by atoms with Gasteiger partial charge in [-0.3, -0.25) is 4.79 Å². The van der Waals surface area contributed by atoms with Gasteiger partial charge in [0.05, 0.1) is 16.9 Å². The van der Waals surface area contributed by atoms with E-state index in [0.29, 0.717) is 29.2 Å². The minimum Gasteiger partial charge on any atom is -0.294 e. The molecule has 0 fully saturated rings. The van der Waals surface area contributed by atoms with Crippen LogP contribution in [0.5, 0.6) is 0 Å². The molecule has 0 atom stereocenters. The van der Waals surface area contributed by atoms with E-state index in [0.717, 1.165) is 5.56 Å². The lowest BCUT2D eigenvalue weighted by molar-refractivity contribution is -0.141. The van der Waals surface area contributed by atoms with Gasteiger partial charge in [-0.2, -0.15) is 18.3 Å². The van der Waals surface area contributed by atoms with E-state index in [2.05, 4.69) is 5.10 Å². The second kappa shape index (κ2) is 5.12. The molecule has 1 aliphatic carbocycles. The van der Waals surface area contributed by atoms with Gasteiger partial charge in [0.15, 0.2) is 11.5 Å². The van der Waals surface area contributed by atoms with Crippen LogP contribution in [0.1, 0.15) is 40.2 Å². The molecule has 0 N–H and O–H groups in total. The first-order valence-corrected chi connectivity index (χ1v) is 7.15. The van der Waals surface area contributed by atoms with Crippen LogP contribution in [0.25, 0.3) is 5.69 Å². The Morgan fingerprint density at radius 3 is 2.68 bits per heavy atom. The number of carbonyl (C=O) groups is 1. The summed E-state index contributed by atoms with van der Waals surface area (Å²) in [5, 5.41) is 4.10. The number of Topliss-reactive ketones (excluding diaryl/α,β-unsaturated/α-hetero) is 1. The summed E-state index contributed by atoms with van der Waals surface area (Å²) in [7, 11) is 0. The molecule has 7 heteroatoms. The number of alkyl halides is 3. The van der Waals surface area contributed by atoms with Crippen LogP contribution in [0.15, 0.2) is 18.2 Å². The number of nitrogens with zero attached hydrogens (tertiary/aromatic N) is 2. The average molecular weight is 329 g/mol. The summed E-state index contributed by atoms with van der Waals surface area (Å²) in [5.74, 6) is -0.500. The molecule has 116 valence electrons. The molecule has 0 saturated carbocycles. The number of benzene rings is 1. The molecule has 1 heterocycles. The number of carbonyl (C=O) groups excluding carboxylic acids is 1. The highest BCUT2D eigenvalue weighted by molar-refractivity contribution is 6.30. The highest BCUT2D eigenvalue weighted by atomic mass is 35.5. The molecule has 3 nitrogen and oxygen atoms in total. The van der Waals surface area contributed by atoms with Gasteiger partial charge in [0, 0.05) is 11.4 Å². The van der Waals surface area contributed by atoms with E-state index in [1.807, 2.05) is 0 Å². The fraction of sp³-hybridized carbons (Fsp3) is 0.333. The van der Waals surface area contributed by atoms with Gasteiger partial charge in [-0.05, 0) is 37.5 Å². The predicted octanol–water partition coefficient (Wildman–Crippen LogP) is 4.37. The second-order valence-electron chi connectivity index (χ2n) is 5.29. The predicted molar refractivity (Wildman–Crippen MR) is 75.6 cm³/mol. The van der Waals surface area contributed by atoms with Crippen molar-refractivity contribution in [2.24, 2.45) is 0 Å². The van der Waals surface area contributed by atoms with Crippen LogP contribution < -0.4 is 0 Å². The number of aryl methyl sites for hydroxylation is 1. The Morgan fingerprint density at radius 2 is 2.00 bits per heavy atom. The molecule has 3 rings (SSSR count). The molecule has 1 aliphatic rings. The summed E-state index contributed by atoms with van der Waals surface area (Å²) >= 11 is 5.95. The van der Waals surface area contributed by atoms with Crippen molar-refractivity contribution in [2.45, 2.75) is 32.4 Å². The fourth-order valence-corrected chi connectivity index (χ4v) is 2.89. The van der Waals surface area contributed by atoms with Crippen molar-refractivity contribution in [3.8, 4) is 5.69 Å². The van der Waals surface area contributed by atoms with Crippen molar-refractivity contribution in [1.82, 2.24) is 9.78 Å². The molecule has 0 saturated heterocycles. The lowest BCUT2D eigenvalue weighted by Crippen LogP contribution is -2.16. The van der Waals surface area contributed by atoms with Crippen molar-refractivity contribution >= 4 is 17.4 Å². The van der Waals surface area contributed by atoms with Gasteiger partial charge >= 0.3 is 6.18 Å². The Hall–Kier alpha value is -1.82. The third-order valence-corrected chi connectivity index (χ3v) is 3.98. The maximum atomic E-state index is 13.2. The molecule has 0 bridgehead atoms. The first-order valence-electron chi connectivity index (χ1n) is 6.78. The van der Waals surface area contributed by atoms with Gasteiger partial charge in [0.1, 0.15) is 0 Å². The third kappa shape index (κ3) is 2.41. The number of hydrogen-bond acceptors (Lipinski definition) is 2. The topological polar surface area (TPSA) is 34.9 Å². The van der Waals surface area contributed by atoms with Crippen LogP contribution in [0.3, 0.4) is 0 Å². The number of ketones is 1. The van der Waals surface area contributed by atoms with Gasteiger partial charge < -0.3 is 0 Å². The summed E-state index contributed by atoms with van der Waals surface area (Å²) in [6.45, 7) is 1.76. The van der Waals surface area contributed by atoms with E-state index in [9.17, 15) is 18.0 Å². The van der Waals surface area contributed by atoms with Gasteiger partial charge in [0.2, 0.25) is 0 Å². The quantitative estimate of drug-likeness (QED) is 0.779. The number of hydrogen-bond donors (Lipinski definition) is 0. The van der Waals surface area contributed by atoms with Gasteiger partial charge in [-0.15, -0.1) is 0 Å². The normalized spacial score (nSPS) is 15.0. The maximum absolute atomic E-state index is 13.2. The SMILES string of the molecule is Cc1ccc(Cl)cc1-n1nc(C(F)(F)F)c2c1CCCC2=O. The van der Waals surface area contributed by atoms with Crippen molar-refractivity contribution < 1.29 is 18.0 Å². The zero-order valence-corrected chi connectivity index (χ0v) is 12.4. The summed E-state index contributed by atoms with van der Waals surface area (Å²) in [4.78, 5) is 12.0. The van der Waals surface area contributed by atoms with Crippen LogP contribution in [0.2, 0.25) is 5.02 Å². The molecule has 1 aromatic heterocycles. The molecular formula is C15H12ClF3N2O. The Balaban J connectivity index is 2.30. The highest BCUT2D eigenvalue weighted by Gasteiger charge is 2.42. The third-order valence-electron chi connectivity index (χ3n) is 3.75. The van der Waals surface area contributed by atoms with Gasteiger partial charge in [-0.25, -0.2) is 4.68 Å². The largest absolute Gasteiger partial charge is 0.435 e. The van der Waals surface area contributed by atoms with Crippen molar-refractivity contribution in [3.05, 3.63) is 45.7 Å². The van der Waals surface area contributed by atoms with Crippen molar-refractivity contribution in [3.63, 3.8) is 0 Å². The van der Waals surface area contributed by atoms with Crippen molar-refractivity contribution in [2.75, 3.05) is 0 Å². The minimum absolute atomic E-state index is 0.121. The summed E-state index contributed by atoms with van der Waals surface area (Å²) in [5.41, 5.74) is 0.119. The lowest BCUT2D eigenvalue weighted by Gasteiger charge is -2.15. The van der Waals surface area contributed by atoms with Crippen LogP contribution in [-0.4, -0.2) is 15.6 Å². The Bertz CT molecular complexity index is 765. The highest BCUT2D eigenvalue weighted by Crippen LogP contribution is 2.37. The Kier molecular flexibility index (Phi) is 3.51. The number of halogens is 4. The summed E-state index contributed by atoms with van der Waals surface area (Å²) in [6.07, 6.45) is -3.63. The minimum atomic E-state index is -4.66. The van der Waals surface area contributed by atoms with E-state index < -0.39 is 17.7 Å². The number of rotatable bonds is 1. The number of fused-ring (bicyclic) bond motifs is 1. The molecule has 0 unspecified atom stereocenters. The fourth-order valence-electron chi connectivity index (χ4n) is 2.73. The first kappa shape index (κ1) is 15.1. The van der Waals surface area contributed by atoms with Crippen LogP contribution in [0.4, 0.5) is 13.2 Å². The van der Waals surface area contributed by atoms with E-state index in [4.69, 9.17) is 11.6 Å². The summed E-state index contributed by atoms with van der Waals surface area (Å²) < 4.78 is 40.8. The van der Waals surface area contributed by atoms with Gasteiger partial charge in [-0.1, -0.05) is 17.7 Å². The zero-order chi connectivity index (χ0) is 16.1. The molecule has 22 heavy (non-hydrogen) atoms. The molecule has 0 amide bonds. The molecular weight excluding hydrogens is 317 g/mol. The molecule has 2 aromatic rings. The van der Waals surface area contributed by atoms with Crippen LogP contribution in [-0.2, 0) is 12.6 Å². The van der Waals surface area contributed by atoms with E-state index in [1.165, 1.54) is 4.68 Å². The maximum Gasteiger partial charge on any atom is 0.435 e. The monoisotopic (exact) mass is 328 g/mol. The number of aromatic nitrogens is 2. The van der Waals surface area contributed by atoms with E-state index in [-0.39, 0.29) is 12.0 Å². The molecule has 0 spiro atoms. The smallest absolute Gasteiger partial charge is 0.294 e. The van der Waals surface area contributed by atoms with Crippen molar-refractivity contribution in [1.29, 1.82) is 0 Å². The van der Waals surface area contributed by atoms with E-state index in [1.54, 1.807) is 25.1 Å². The van der Waals surface area contributed by atoms with Gasteiger partial charge in [0.25, 0.3) is 0 Å².